The number of nitrogens with zero attached hydrogens (tertiary/aromatic N) is 3. The van der Waals surface area contributed by atoms with Crippen LogP contribution in [0.3, 0.4) is 0 Å². The Morgan fingerprint density at radius 3 is 2.76 bits per heavy atom. The highest BCUT2D eigenvalue weighted by molar-refractivity contribution is 6.30. The van der Waals surface area contributed by atoms with Crippen LogP contribution in [0, 0.1) is 6.92 Å². The van der Waals surface area contributed by atoms with Gasteiger partial charge in [-0.25, -0.2) is 4.98 Å². The molecule has 2 aromatic carbocycles. The smallest absolute Gasteiger partial charge is 0.0755 e. The molecular formula is C24H28ClN3O. The summed E-state index contributed by atoms with van der Waals surface area (Å²) in [7, 11) is 2.15. The lowest BCUT2D eigenvalue weighted by atomic mass is 10.0. The fourth-order valence-corrected chi connectivity index (χ4v) is 4.44. The molecule has 0 unspecified atom stereocenters. The molecular weight excluding hydrogens is 382 g/mol. The van der Waals surface area contributed by atoms with Crippen molar-refractivity contribution in [2.75, 3.05) is 33.3 Å². The zero-order valence-electron chi connectivity index (χ0n) is 17.1. The molecule has 2 heterocycles. The molecule has 0 saturated carbocycles. The summed E-state index contributed by atoms with van der Waals surface area (Å²) in [5.74, 6) is 0. The van der Waals surface area contributed by atoms with Crippen molar-refractivity contribution >= 4 is 22.5 Å². The van der Waals surface area contributed by atoms with E-state index in [0.717, 1.165) is 54.4 Å². The number of aromatic nitrogens is 1. The average Bonchev–Trinajstić information content (AvgIpc) is 2.70. The molecule has 29 heavy (non-hydrogen) atoms. The van der Waals surface area contributed by atoms with Gasteiger partial charge in [-0.15, -0.1) is 0 Å². The minimum Gasteiger partial charge on any atom is -0.396 e. The Morgan fingerprint density at radius 2 is 1.97 bits per heavy atom. The number of pyridine rings is 1. The third-order valence-corrected chi connectivity index (χ3v) is 6.18. The third kappa shape index (κ3) is 4.46. The molecule has 0 bridgehead atoms. The molecule has 1 aliphatic rings. The van der Waals surface area contributed by atoms with Crippen LogP contribution in [0.1, 0.15) is 17.5 Å². The van der Waals surface area contributed by atoms with E-state index < -0.39 is 0 Å². The van der Waals surface area contributed by atoms with Gasteiger partial charge in [-0.3, -0.25) is 4.90 Å². The Bertz CT molecular complexity index is 1010. The van der Waals surface area contributed by atoms with Crippen molar-refractivity contribution in [1.82, 2.24) is 14.8 Å². The molecule has 0 amide bonds. The van der Waals surface area contributed by atoms with Gasteiger partial charge in [0.25, 0.3) is 0 Å². The van der Waals surface area contributed by atoms with Crippen LogP contribution in [0.4, 0.5) is 0 Å². The van der Waals surface area contributed by atoms with E-state index in [1.54, 1.807) is 0 Å². The number of rotatable bonds is 5. The number of aliphatic hydroxyl groups excluding tert-OH is 1. The van der Waals surface area contributed by atoms with Crippen LogP contribution in [0.5, 0.6) is 0 Å². The van der Waals surface area contributed by atoms with E-state index in [0.29, 0.717) is 6.04 Å². The molecule has 1 fully saturated rings. The predicted molar refractivity (Wildman–Crippen MR) is 120 cm³/mol. The molecule has 1 aliphatic heterocycles. The second kappa shape index (κ2) is 8.80. The molecule has 1 atom stereocenters. The number of benzene rings is 2. The van der Waals surface area contributed by atoms with Crippen molar-refractivity contribution in [2.24, 2.45) is 0 Å². The highest BCUT2D eigenvalue weighted by Gasteiger charge is 2.25. The summed E-state index contributed by atoms with van der Waals surface area (Å²) < 4.78 is 0. The van der Waals surface area contributed by atoms with E-state index in [2.05, 4.69) is 54.1 Å². The molecule has 0 radical (unpaired) electrons. The lowest BCUT2D eigenvalue weighted by Gasteiger charge is -2.39. The zero-order chi connectivity index (χ0) is 20.4. The lowest BCUT2D eigenvalue weighted by molar-refractivity contribution is 0.0744. The van der Waals surface area contributed by atoms with Crippen LogP contribution in [0.2, 0.25) is 5.02 Å². The topological polar surface area (TPSA) is 39.6 Å². The molecule has 4 rings (SSSR count). The van der Waals surface area contributed by atoms with Crippen LogP contribution in [0.15, 0.2) is 48.5 Å². The SMILES string of the molecule is Cc1cccc2cc(CN3CCN(C)[C@@H](CCO)C3)c(-c3cccc(Cl)c3)nc12. The van der Waals surface area contributed by atoms with Crippen molar-refractivity contribution in [3.05, 3.63) is 64.7 Å². The van der Waals surface area contributed by atoms with Crippen molar-refractivity contribution in [2.45, 2.75) is 25.9 Å². The van der Waals surface area contributed by atoms with Gasteiger partial charge in [0.05, 0.1) is 11.2 Å². The monoisotopic (exact) mass is 409 g/mol. The number of aryl methyl sites for hydroxylation is 1. The number of likely N-dealkylation sites (N-methyl/N-ethyl adjacent to an activating group) is 1. The normalized spacial score (nSPS) is 18.4. The van der Waals surface area contributed by atoms with Crippen molar-refractivity contribution < 1.29 is 5.11 Å². The number of aliphatic hydroxyl groups is 1. The highest BCUT2D eigenvalue weighted by atomic mass is 35.5. The maximum atomic E-state index is 9.41. The van der Waals surface area contributed by atoms with Crippen LogP contribution in [0.25, 0.3) is 22.2 Å². The van der Waals surface area contributed by atoms with Crippen molar-refractivity contribution in [1.29, 1.82) is 0 Å². The first kappa shape index (κ1) is 20.3. The van der Waals surface area contributed by atoms with Gasteiger partial charge in [0, 0.05) is 54.8 Å². The van der Waals surface area contributed by atoms with E-state index in [4.69, 9.17) is 16.6 Å². The Hall–Kier alpha value is -1.98. The molecule has 1 saturated heterocycles. The van der Waals surface area contributed by atoms with Crippen LogP contribution in [-0.4, -0.2) is 59.2 Å². The Labute approximate surface area is 177 Å². The summed E-state index contributed by atoms with van der Waals surface area (Å²) in [5.41, 5.74) is 5.51. The first-order valence-electron chi connectivity index (χ1n) is 10.2. The van der Waals surface area contributed by atoms with Gasteiger partial charge >= 0.3 is 0 Å². The third-order valence-electron chi connectivity index (χ3n) is 5.94. The predicted octanol–water partition coefficient (Wildman–Crippen LogP) is 4.36. The van der Waals surface area contributed by atoms with Crippen LogP contribution < -0.4 is 0 Å². The minimum atomic E-state index is 0.230. The quantitative estimate of drug-likeness (QED) is 0.679. The van der Waals surface area contributed by atoms with E-state index >= 15 is 0 Å². The van der Waals surface area contributed by atoms with E-state index in [9.17, 15) is 5.11 Å². The van der Waals surface area contributed by atoms with Gasteiger partial charge in [-0.2, -0.15) is 0 Å². The molecule has 1 N–H and O–H groups in total. The van der Waals surface area contributed by atoms with Crippen molar-refractivity contribution in [3.8, 4) is 11.3 Å². The van der Waals surface area contributed by atoms with E-state index in [-0.39, 0.29) is 6.61 Å². The highest BCUT2D eigenvalue weighted by Crippen LogP contribution is 2.30. The van der Waals surface area contributed by atoms with E-state index in [1.165, 1.54) is 16.5 Å². The number of hydrogen-bond acceptors (Lipinski definition) is 4. The zero-order valence-corrected chi connectivity index (χ0v) is 17.9. The minimum absolute atomic E-state index is 0.230. The Kier molecular flexibility index (Phi) is 6.16. The van der Waals surface area contributed by atoms with E-state index in [1.807, 2.05) is 18.2 Å². The number of halogens is 1. The van der Waals surface area contributed by atoms with Crippen LogP contribution >= 0.6 is 11.6 Å². The van der Waals surface area contributed by atoms with Crippen molar-refractivity contribution in [3.63, 3.8) is 0 Å². The molecule has 152 valence electrons. The molecule has 4 nitrogen and oxygen atoms in total. The van der Waals surface area contributed by atoms with Gasteiger partial charge in [0.1, 0.15) is 0 Å². The maximum absolute atomic E-state index is 9.41. The fourth-order valence-electron chi connectivity index (χ4n) is 4.25. The molecule has 0 spiro atoms. The summed E-state index contributed by atoms with van der Waals surface area (Å²) in [6.07, 6.45) is 0.809. The number of hydrogen-bond donors (Lipinski definition) is 1. The number of para-hydroxylation sites is 1. The summed E-state index contributed by atoms with van der Waals surface area (Å²) in [6, 6.07) is 17.0. The Morgan fingerprint density at radius 1 is 1.14 bits per heavy atom. The first-order chi connectivity index (χ1) is 14.0. The molecule has 3 aromatic rings. The Balaban J connectivity index is 1.73. The fraction of sp³-hybridized carbons (Fsp3) is 0.375. The maximum Gasteiger partial charge on any atom is 0.0755 e. The number of fused-ring (bicyclic) bond motifs is 1. The van der Waals surface area contributed by atoms with Gasteiger partial charge in [-0.1, -0.05) is 41.9 Å². The van der Waals surface area contributed by atoms with Crippen LogP contribution in [-0.2, 0) is 6.54 Å². The lowest BCUT2D eigenvalue weighted by Crippen LogP contribution is -2.51. The summed E-state index contributed by atoms with van der Waals surface area (Å²) in [5, 5.41) is 11.3. The largest absolute Gasteiger partial charge is 0.396 e. The summed E-state index contributed by atoms with van der Waals surface area (Å²) in [6.45, 7) is 6.16. The van der Waals surface area contributed by atoms with Gasteiger partial charge in [0.2, 0.25) is 0 Å². The standard InChI is InChI=1S/C24H28ClN3O/c1-17-5-3-6-18-13-20(15-28-11-10-27(2)22(16-28)9-12-29)24(26-23(17)18)19-7-4-8-21(25)14-19/h3-8,13-14,22,29H,9-12,15-16H2,1-2H3/t22-/m0/s1. The second-order valence-electron chi connectivity index (χ2n) is 8.03. The van der Waals surface area contributed by atoms with Gasteiger partial charge in [-0.05, 0) is 49.7 Å². The second-order valence-corrected chi connectivity index (χ2v) is 8.47. The molecule has 1 aromatic heterocycles. The summed E-state index contributed by atoms with van der Waals surface area (Å²) >= 11 is 6.29. The molecule has 5 heteroatoms. The summed E-state index contributed by atoms with van der Waals surface area (Å²) in [4.78, 5) is 9.92. The molecule has 0 aliphatic carbocycles. The average molecular weight is 410 g/mol. The van der Waals surface area contributed by atoms with Gasteiger partial charge < -0.3 is 10.0 Å². The number of piperazine rings is 1. The van der Waals surface area contributed by atoms with Gasteiger partial charge in [0.15, 0.2) is 0 Å². The first-order valence-corrected chi connectivity index (χ1v) is 10.6.